The number of carbonyl (C=O) groups excluding carboxylic acids is 1. The molecule has 0 bridgehead atoms. The molecule has 0 atom stereocenters. The van der Waals surface area contributed by atoms with Crippen LogP contribution in [0.15, 0.2) is 47.4 Å². The highest BCUT2D eigenvalue weighted by molar-refractivity contribution is 8.26. The first-order valence-electron chi connectivity index (χ1n) is 7.24. The molecule has 0 spiro atoms. The largest absolute Gasteiger partial charge is 0.488 e. The number of thioether (sulfide) groups is 1. The Labute approximate surface area is 155 Å². The lowest BCUT2D eigenvalue weighted by molar-refractivity contribution is -0.115. The molecule has 122 valence electrons. The molecule has 1 aliphatic heterocycles. The molecule has 1 saturated heterocycles. The van der Waals surface area contributed by atoms with Gasteiger partial charge in [0.25, 0.3) is 5.91 Å². The predicted molar refractivity (Wildman–Crippen MR) is 103 cm³/mol. The van der Waals surface area contributed by atoms with Crippen LogP contribution in [0.4, 0.5) is 0 Å². The first-order chi connectivity index (χ1) is 11.5. The van der Waals surface area contributed by atoms with Gasteiger partial charge in [-0.25, -0.2) is 0 Å². The topological polar surface area (TPSA) is 38.3 Å². The van der Waals surface area contributed by atoms with E-state index >= 15 is 0 Å². The Bertz CT molecular complexity index is 849. The summed E-state index contributed by atoms with van der Waals surface area (Å²) in [4.78, 5) is 12.4. The summed E-state index contributed by atoms with van der Waals surface area (Å²) in [6.07, 6.45) is 1.75. The molecule has 3 nitrogen and oxygen atoms in total. The fraction of sp³-hybridized carbons (Fsp3) is 0.111. The second kappa shape index (κ2) is 7.38. The fourth-order valence-electron chi connectivity index (χ4n) is 2.25. The molecule has 0 radical (unpaired) electrons. The smallest absolute Gasteiger partial charge is 0.263 e. The summed E-state index contributed by atoms with van der Waals surface area (Å²) >= 11 is 12.3. The Morgan fingerprint density at radius 3 is 2.79 bits per heavy atom. The van der Waals surface area contributed by atoms with Crippen molar-refractivity contribution in [2.45, 2.75) is 13.5 Å². The molecular formula is C18H14ClNO2S2. The molecule has 6 heteroatoms. The number of hydrogen-bond acceptors (Lipinski definition) is 4. The van der Waals surface area contributed by atoms with E-state index in [-0.39, 0.29) is 5.91 Å². The second-order valence-corrected chi connectivity index (χ2v) is 7.40. The van der Waals surface area contributed by atoms with Gasteiger partial charge in [0.1, 0.15) is 16.7 Å². The first-order valence-corrected chi connectivity index (χ1v) is 8.85. The van der Waals surface area contributed by atoms with Gasteiger partial charge in [0.05, 0.1) is 4.91 Å². The number of thiocarbonyl (C=S) groups is 1. The first kappa shape index (κ1) is 17.0. The van der Waals surface area contributed by atoms with Crippen LogP contribution in [0.3, 0.4) is 0 Å². The molecule has 1 amide bonds. The van der Waals surface area contributed by atoms with Gasteiger partial charge in [-0.05, 0) is 42.3 Å². The molecule has 1 N–H and O–H groups in total. The monoisotopic (exact) mass is 375 g/mol. The van der Waals surface area contributed by atoms with Crippen LogP contribution in [0.1, 0.15) is 16.7 Å². The van der Waals surface area contributed by atoms with Gasteiger partial charge >= 0.3 is 0 Å². The minimum Gasteiger partial charge on any atom is -0.488 e. The summed E-state index contributed by atoms with van der Waals surface area (Å²) in [5.41, 5.74) is 3.03. The molecule has 0 aromatic heterocycles. The van der Waals surface area contributed by atoms with Gasteiger partial charge in [0.15, 0.2) is 0 Å². The molecule has 3 rings (SSSR count). The maximum Gasteiger partial charge on any atom is 0.263 e. The minimum atomic E-state index is -0.199. The summed E-state index contributed by atoms with van der Waals surface area (Å²) in [7, 11) is 0. The van der Waals surface area contributed by atoms with Crippen molar-refractivity contribution in [3.05, 3.63) is 69.1 Å². The van der Waals surface area contributed by atoms with Gasteiger partial charge in [-0.2, -0.15) is 0 Å². The summed E-state index contributed by atoms with van der Waals surface area (Å²) in [6.45, 7) is 2.49. The van der Waals surface area contributed by atoms with E-state index in [0.717, 1.165) is 11.1 Å². The Balaban J connectivity index is 1.86. The van der Waals surface area contributed by atoms with Gasteiger partial charge in [0.2, 0.25) is 0 Å². The van der Waals surface area contributed by atoms with Crippen LogP contribution in [0, 0.1) is 6.92 Å². The maximum atomic E-state index is 11.8. The van der Waals surface area contributed by atoms with Crippen molar-refractivity contribution in [2.24, 2.45) is 0 Å². The van der Waals surface area contributed by atoms with Gasteiger partial charge in [-0.3, -0.25) is 4.79 Å². The number of aryl methyl sites for hydroxylation is 1. The van der Waals surface area contributed by atoms with Crippen LogP contribution < -0.4 is 10.1 Å². The molecule has 1 fully saturated rings. The highest BCUT2D eigenvalue weighted by Crippen LogP contribution is 2.31. The zero-order valence-corrected chi connectivity index (χ0v) is 15.2. The van der Waals surface area contributed by atoms with Crippen molar-refractivity contribution < 1.29 is 9.53 Å². The number of halogens is 1. The predicted octanol–water partition coefficient (Wildman–Crippen LogP) is 4.72. The lowest BCUT2D eigenvalue weighted by atomic mass is 10.1. The normalized spacial score (nSPS) is 15.7. The average molecular weight is 376 g/mol. The zero-order valence-electron chi connectivity index (χ0n) is 12.8. The Morgan fingerprint density at radius 1 is 1.29 bits per heavy atom. The number of ether oxygens (including phenoxy) is 1. The van der Waals surface area contributed by atoms with Gasteiger partial charge in [-0.15, -0.1) is 0 Å². The van der Waals surface area contributed by atoms with Crippen molar-refractivity contribution >= 4 is 51.9 Å². The van der Waals surface area contributed by atoms with Gasteiger partial charge in [0, 0.05) is 10.6 Å². The van der Waals surface area contributed by atoms with E-state index in [1.54, 1.807) is 18.2 Å². The highest BCUT2D eigenvalue weighted by atomic mass is 35.5. The van der Waals surface area contributed by atoms with Gasteiger partial charge in [-0.1, -0.05) is 59.8 Å². The van der Waals surface area contributed by atoms with E-state index in [0.29, 0.717) is 26.6 Å². The van der Waals surface area contributed by atoms with Crippen molar-refractivity contribution in [3.63, 3.8) is 0 Å². The average Bonchev–Trinajstić information content (AvgIpc) is 2.85. The van der Waals surface area contributed by atoms with Crippen LogP contribution in [0.5, 0.6) is 5.75 Å². The minimum absolute atomic E-state index is 0.199. The third-order valence-electron chi connectivity index (χ3n) is 3.54. The van der Waals surface area contributed by atoms with Crippen LogP contribution in [-0.4, -0.2) is 10.2 Å². The standard InChI is InChI=1S/C18H14ClNO2S2/c1-11-4-2-3-5-12(11)10-22-15-7-6-14(19)8-13(15)9-16-17(21)20-18(23)24-16/h2-9H,10H2,1H3,(H,20,21,23)/b16-9+. The van der Waals surface area contributed by atoms with E-state index in [9.17, 15) is 4.79 Å². The van der Waals surface area contributed by atoms with E-state index in [1.165, 1.54) is 17.3 Å². The lowest BCUT2D eigenvalue weighted by Gasteiger charge is -2.11. The van der Waals surface area contributed by atoms with E-state index in [1.807, 2.05) is 37.3 Å². The molecule has 0 unspecified atom stereocenters. The van der Waals surface area contributed by atoms with E-state index in [2.05, 4.69) is 5.32 Å². The van der Waals surface area contributed by atoms with E-state index < -0.39 is 0 Å². The molecule has 1 heterocycles. The lowest BCUT2D eigenvalue weighted by Crippen LogP contribution is -2.17. The zero-order chi connectivity index (χ0) is 17.1. The summed E-state index contributed by atoms with van der Waals surface area (Å²) in [5.74, 6) is 0.469. The molecular weight excluding hydrogens is 362 g/mol. The van der Waals surface area contributed by atoms with Crippen molar-refractivity contribution in [2.75, 3.05) is 0 Å². The highest BCUT2D eigenvalue weighted by Gasteiger charge is 2.22. The van der Waals surface area contributed by atoms with Crippen molar-refractivity contribution in [1.82, 2.24) is 5.32 Å². The fourth-order valence-corrected chi connectivity index (χ4v) is 3.47. The second-order valence-electron chi connectivity index (χ2n) is 5.25. The maximum absolute atomic E-state index is 11.8. The molecule has 0 aliphatic carbocycles. The molecule has 2 aromatic rings. The Kier molecular flexibility index (Phi) is 5.23. The summed E-state index contributed by atoms with van der Waals surface area (Å²) in [5, 5.41) is 3.18. The Morgan fingerprint density at radius 2 is 2.08 bits per heavy atom. The number of carbonyl (C=O) groups is 1. The van der Waals surface area contributed by atoms with Crippen molar-refractivity contribution in [3.8, 4) is 5.75 Å². The SMILES string of the molecule is Cc1ccccc1COc1ccc(Cl)cc1/C=C1/SC(=S)NC1=O. The quantitative estimate of drug-likeness (QED) is 0.620. The summed E-state index contributed by atoms with van der Waals surface area (Å²) < 4.78 is 6.41. The van der Waals surface area contributed by atoms with Crippen molar-refractivity contribution in [1.29, 1.82) is 0 Å². The van der Waals surface area contributed by atoms with E-state index in [4.69, 9.17) is 28.6 Å². The third kappa shape index (κ3) is 3.98. The van der Waals surface area contributed by atoms with Crippen LogP contribution >= 0.6 is 35.6 Å². The molecule has 2 aromatic carbocycles. The van der Waals surface area contributed by atoms with Crippen LogP contribution in [0.25, 0.3) is 6.08 Å². The number of nitrogens with one attached hydrogen (secondary N) is 1. The van der Waals surface area contributed by atoms with Crippen LogP contribution in [0.2, 0.25) is 5.02 Å². The number of rotatable bonds is 4. The summed E-state index contributed by atoms with van der Waals surface area (Å²) in [6, 6.07) is 13.4. The van der Waals surface area contributed by atoms with Gasteiger partial charge < -0.3 is 10.1 Å². The molecule has 24 heavy (non-hydrogen) atoms. The molecule has 0 saturated carbocycles. The molecule has 1 aliphatic rings. The third-order valence-corrected chi connectivity index (χ3v) is 4.94. The number of benzene rings is 2. The number of amides is 1. The van der Waals surface area contributed by atoms with Crippen LogP contribution in [-0.2, 0) is 11.4 Å². The number of hydrogen-bond donors (Lipinski definition) is 1. The Hall–Kier alpha value is -1.82.